The van der Waals surface area contributed by atoms with Gasteiger partial charge >= 0.3 is 12.1 Å². The van der Waals surface area contributed by atoms with Crippen LogP contribution in [0.2, 0.25) is 0 Å². The average molecular weight is 307 g/mol. The van der Waals surface area contributed by atoms with E-state index >= 15 is 0 Å². The Morgan fingerprint density at radius 1 is 1.24 bits per heavy atom. The average Bonchev–Trinajstić information content (AvgIpc) is 2.31. The number of nitrogens with zero attached hydrogens (tertiary/aromatic N) is 3. The van der Waals surface area contributed by atoms with Gasteiger partial charge in [-0.2, -0.15) is 0 Å². The second kappa shape index (κ2) is 8.82. The number of hydrogen-bond donors (Lipinski definition) is 1. The summed E-state index contributed by atoms with van der Waals surface area (Å²) in [4.78, 5) is 26.4. The highest BCUT2D eigenvalue weighted by Crippen LogP contribution is 2.03. The van der Waals surface area contributed by atoms with Gasteiger partial charge in [0.25, 0.3) is 6.29 Å². The van der Waals surface area contributed by atoms with E-state index in [9.17, 15) is 14.8 Å². The fourth-order valence-electron chi connectivity index (χ4n) is 1.11. The van der Waals surface area contributed by atoms with E-state index in [0.29, 0.717) is 0 Å². The number of carbonyl (C=O) groups excluding carboxylic acids is 1. The second-order valence-corrected chi connectivity index (χ2v) is 4.63. The second-order valence-electron chi connectivity index (χ2n) is 4.63. The molecule has 10 nitrogen and oxygen atoms in total. The van der Waals surface area contributed by atoms with Crippen LogP contribution in [0.25, 0.3) is 0 Å². The summed E-state index contributed by atoms with van der Waals surface area (Å²) in [7, 11) is 0. The van der Waals surface area contributed by atoms with E-state index in [1.165, 1.54) is 6.92 Å². The zero-order valence-corrected chi connectivity index (χ0v) is 12.7. The minimum absolute atomic E-state index is 0.00751. The van der Waals surface area contributed by atoms with Gasteiger partial charge in [-0.05, 0) is 27.7 Å². The van der Waals surface area contributed by atoms with Crippen LogP contribution in [0.3, 0.4) is 0 Å². The summed E-state index contributed by atoms with van der Waals surface area (Å²) in [6.07, 6.45) is -2.48. The zero-order valence-electron chi connectivity index (χ0n) is 12.7. The Balaban J connectivity index is 4.48. The van der Waals surface area contributed by atoms with Gasteiger partial charge in [0, 0.05) is 6.92 Å². The molecule has 0 aromatic heterocycles. The summed E-state index contributed by atoms with van der Waals surface area (Å²) in [6.45, 7) is 7.30. The van der Waals surface area contributed by atoms with Crippen LogP contribution < -0.4 is 0 Å². The first kappa shape index (κ1) is 18.7. The normalized spacial score (nSPS) is 13.0. The van der Waals surface area contributed by atoms with Crippen molar-refractivity contribution in [1.29, 1.82) is 0 Å². The van der Waals surface area contributed by atoms with Crippen LogP contribution in [0, 0.1) is 5.21 Å². The van der Waals surface area contributed by atoms with Gasteiger partial charge in [-0.15, -0.1) is 5.01 Å². The van der Waals surface area contributed by atoms with Crippen LogP contribution in [0.5, 0.6) is 0 Å². The van der Waals surface area contributed by atoms with Crippen LogP contribution >= 0.6 is 0 Å². The van der Waals surface area contributed by atoms with Crippen molar-refractivity contribution >= 4 is 12.1 Å². The lowest BCUT2D eigenvalue weighted by molar-refractivity contribution is -0.717. The molecular formula is C11H21N3O7. The third kappa shape index (κ3) is 8.50. The van der Waals surface area contributed by atoms with E-state index in [4.69, 9.17) is 9.84 Å². The van der Waals surface area contributed by atoms with Crippen molar-refractivity contribution in [2.75, 3.05) is 6.54 Å². The molecular weight excluding hydrogens is 286 g/mol. The molecule has 1 N–H and O–H groups in total. The van der Waals surface area contributed by atoms with Crippen molar-refractivity contribution in [3.05, 3.63) is 5.21 Å². The van der Waals surface area contributed by atoms with Gasteiger partial charge < -0.3 is 19.8 Å². The van der Waals surface area contributed by atoms with Crippen LogP contribution in [-0.4, -0.2) is 52.2 Å². The van der Waals surface area contributed by atoms with Gasteiger partial charge in [-0.1, -0.05) is 0 Å². The van der Waals surface area contributed by atoms with E-state index in [2.05, 4.69) is 14.9 Å². The number of hydrazine groups is 1. The van der Waals surface area contributed by atoms with Crippen LogP contribution in [0.15, 0.2) is 5.28 Å². The highest BCUT2D eigenvalue weighted by molar-refractivity contribution is 5.68. The van der Waals surface area contributed by atoms with Crippen molar-refractivity contribution in [2.45, 2.75) is 53.1 Å². The molecule has 122 valence electrons. The lowest BCUT2D eigenvalue weighted by Gasteiger charge is -2.20. The molecule has 0 amide bonds. The predicted molar refractivity (Wildman–Crippen MR) is 68.8 cm³/mol. The number of rotatable bonds is 8. The molecule has 0 saturated carbocycles. The summed E-state index contributed by atoms with van der Waals surface area (Å²) >= 11 is 0. The lowest BCUT2D eigenvalue weighted by Crippen LogP contribution is -2.40. The van der Waals surface area contributed by atoms with E-state index in [-0.39, 0.29) is 11.1 Å². The number of carbonyl (C=O) groups is 2. The highest BCUT2D eigenvalue weighted by Gasteiger charge is 2.22. The largest absolute Gasteiger partial charge is 0.569 e. The maximum Gasteiger partial charge on any atom is 0.511 e. The van der Waals surface area contributed by atoms with Crippen LogP contribution in [0.1, 0.15) is 34.6 Å². The Hall–Kier alpha value is -2.26. The van der Waals surface area contributed by atoms with Crippen molar-refractivity contribution in [2.24, 2.45) is 5.28 Å². The zero-order chi connectivity index (χ0) is 16.6. The molecule has 0 aliphatic rings. The minimum Gasteiger partial charge on any atom is -0.569 e. The van der Waals surface area contributed by atoms with E-state index in [1.54, 1.807) is 27.7 Å². The van der Waals surface area contributed by atoms with Gasteiger partial charge in [0.2, 0.25) is 5.28 Å². The van der Waals surface area contributed by atoms with Crippen molar-refractivity contribution < 1.29 is 34.0 Å². The molecule has 0 radical (unpaired) electrons. The summed E-state index contributed by atoms with van der Waals surface area (Å²) in [5.41, 5.74) is 0. The maximum absolute atomic E-state index is 11.6. The molecule has 0 aliphatic carbocycles. The lowest BCUT2D eigenvalue weighted by atomic mass is 10.4. The first-order valence-corrected chi connectivity index (χ1v) is 6.33. The van der Waals surface area contributed by atoms with Crippen molar-refractivity contribution in [3.8, 4) is 0 Å². The molecule has 0 spiro atoms. The summed E-state index contributed by atoms with van der Waals surface area (Å²) in [5, 5.41) is 24.3. The topological polar surface area (TPSA) is 124 Å². The van der Waals surface area contributed by atoms with Gasteiger partial charge in [-0.3, -0.25) is 9.63 Å². The molecule has 0 fully saturated rings. The molecule has 0 saturated heterocycles. The minimum atomic E-state index is -1.19. The van der Waals surface area contributed by atoms with Crippen molar-refractivity contribution in [1.82, 2.24) is 5.01 Å². The number of hydrogen-bond acceptors (Lipinski definition) is 7. The highest BCUT2D eigenvalue weighted by atomic mass is 16.8. The van der Waals surface area contributed by atoms with E-state index in [1.807, 2.05) is 0 Å². The van der Waals surface area contributed by atoms with E-state index < -0.39 is 31.0 Å². The SMILES string of the molecule is CC(C)OC(=O)OC(C)ON=[N+]([O-])N(CC(=O)O)C(C)C. The molecule has 0 aromatic rings. The molecule has 0 bridgehead atoms. The standard InChI is InChI=1S/C11H21N3O7/c1-7(2)13(6-10(15)16)14(18)12-21-9(5)20-11(17)19-8(3)4/h7-9H,6H2,1-5H3,(H,15,16). The molecule has 10 heteroatoms. The number of ether oxygens (including phenoxy) is 2. The van der Waals surface area contributed by atoms with Gasteiger partial charge in [-0.25, -0.2) is 4.79 Å². The quantitative estimate of drug-likeness (QED) is 0.235. The molecule has 1 atom stereocenters. The molecule has 0 aromatic carbocycles. The number of carboxylic acids is 1. The monoisotopic (exact) mass is 307 g/mol. The third-order valence-corrected chi connectivity index (χ3v) is 1.97. The van der Waals surface area contributed by atoms with Crippen molar-refractivity contribution in [3.63, 3.8) is 0 Å². The Bertz CT molecular complexity index is 384. The Labute approximate surface area is 122 Å². The molecule has 0 heterocycles. The number of carboxylic acid groups (broad SMARTS) is 1. The maximum atomic E-state index is 11.6. The number of aliphatic carboxylic acids is 1. The first-order valence-electron chi connectivity index (χ1n) is 6.33. The van der Waals surface area contributed by atoms with Gasteiger partial charge in [0.15, 0.2) is 6.54 Å². The molecule has 0 aliphatic heterocycles. The Kier molecular flexibility index (Phi) is 7.87. The Morgan fingerprint density at radius 3 is 2.24 bits per heavy atom. The first-order chi connectivity index (χ1) is 9.63. The Morgan fingerprint density at radius 2 is 1.81 bits per heavy atom. The molecule has 0 rings (SSSR count). The predicted octanol–water partition coefficient (Wildman–Crippen LogP) is 1.50. The van der Waals surface area contributed by atoms with Crippen LogP contribution in [0.4, 0.5) is 4.79 Å². The smallest absolute Gasteiger partial charge is 0.511 e. The van der Waals surface area contributed by atoms with Gasteiger partial charge in [0.05, 0.1) is 17.1 Å². The van der Waals surface area contributed by atoms with Crippen LogP contribution in [-0.2, 0) is 19.1 Å². The van der Waals surface area contributed by atoms with E-state index in [0.717, 1.165) is 5.01 Å². The van der Waals surface area contributed by atoms with Gasteiger partial charge in [0.1, 0.15) is 0 Å². The summed E-state index contributed by atoms with van der Waals surface area (Å²) < 4.78 is 9.36. The fraction of sp³-hybridized carbons (Fsp3) is 0.818. The molecule has 1 unspecified atom stereocenters. The fourth-order valence-corrected chi connectivity index (χ4v) is 1.11. The summed E-state index contributed by atoms with van der Waals surface area (Å²) in [6, 6.07) is -0.409. The third-order valence-electron chi connectivity index (χ3n) is 1.97. The molecule has 21 heavy (non-hydrogen) atoms. The summed E-state index contributed by atoms with van der Waals surface area (Å²) in [5.74, 6) is -1.19.